The number of carbonyl (C=O) groups excluding carboxylic acids is 3. The molecule has 0 saturated carbocycles. The van der Waals surface area contributed by atoms with Crippen molar-refractivity contribution >= 4 is 64.3 Å². The highest BCUT2D eigenvalue weighted by Crippen LogP contribution is 2.39. The highest BCUT2D eigenvalue weighted by molar-refractivity contribution is 7.99. The van der Waals surface area contributed by atoms with Crippen molar-refractivity contribution in [3.05, 3.63) is 75.9 Å². The Morgan fingerprint density at radius 3 is 2.30 bits per heavy atom. The summed E-state index contributed by atoms with van der Waals surface area (Å²) in [6.45, 7) is 13.6. The Hall–Kier alpha value is -4.63. The fourth-order valence-corrected chi connectivity index (χ4v) is 11.2. The summed E-state index contributed by atoms with van der Waals surface area (Å²) in [6.07, 6.45) is 8.09. The second kappa shape index (κ2) is 22.2. The predicted octanol–water partition coefficient (Wildman–Crippen LogP) is 4.51. The molecule has 3 aromatic heterocycles. The molecule has 0 unspecified atom stereocenters. The zero-order chi connectivity index (χ0) is 49.0. The average Bonchev–Trinajstić information content (AvgIpc) is 3.96. The number of nitrogens with two attached hydrogens (primary N) is 1. The van der Waals surface area contributed by atoms with Crippen molar-refractivity contribution in [3.63, 3.8) is 0 Å². The van der Waals surface area contributed by atoms with Crippen molar-refractivity contribution in [1.29, 1.82) is 0 Å². The maximum atomic E-state index is 14.1. The molecule has 5 N–H and O–H groups in total. The molecular formula is C48H65Cl2N13O5S. The molecule has 4 fully saturated rings. The maximum absolute atomic E-state index is 14.1. The molecule has 18 nitrogen and oxygen atoms in total. The second-order valence-corrected chi connectivity index (χ2v) is 21.5. The first kappa shape index (κ1) is 50.7. The zero-order valence-corrected chi connectivity index (χ0v) is 42.2. The summed E-state index contributed by atoms with van der Waals surface area (Å²) in [5.41, 5.74) is 8.22. The molecule has 21 heteroatoms. The summed E-state index contributed by atoms with van der Waals surface area (Å²) < 4.78 is 1.55. The normalized spacial score (nSPS) is 21.2. The lowest BCUT2D eigenvalue weighted by molar-refractivity contribution is -0.142. The van der Waals surface area contributed by atoms with Crippen molar-refractivity contribution in [2.75, 3.05) is 75.2 Å². The van der Waals surface area contributed by atoms with Crippen molar-refractivity contribution in [1.82, 2.24) is 50.0 Å². The number of benzene rings is 1. The van der Waals surface area contributed by atoms with Gasteiger partial charge >= 0.3 is 0 Å². The van der Waals surface area contributed by atoms with Gasteiger partial charge < -0.3 is 40.9 Å². The number of hydrogen-bond acceptors (Lipinski definition) is 15. The van der Waals surface area contributed by atoms with Crippen LogP contribution in [0.15, 0.2) is 58.8 Å². The number of rotatable bonds is 15. The van der Waals surface area contributed by atoms with Crippen LogP contribution in [0.1, 0.15) is 88.3 Å². The molecule has 4 atom stereocenters. The Bertz CT molecular complexity index is 2420. The van der Waals surface area contributed by atoms with E-state index in [-0.39, 0.29) is 60.7 Å². The standard InChI is InChI=1S/C48H65Cl2N13O5S/c1-30(2)42(63-27-31(3)56-57-63)47(68)62-28-35(65)25-38(62)45(66)55-36(32-5-7-34(49)8-6-32)12-16-58-21-23-61(24-22-58)46(67)33-10-17-59(18-11-33)44-41(50)39(9-15-52-44)69-40-26-53-43(37(29-64)54-40)60-19-13-48(4,51)14-20-60/h5-9,15,26-27,30,33,35-36,38,42,64-65H,10-14,16-25,28-29,51H2,1-4H3,(H,55,66)/t35-,36+,38+,42+/m1/s1. The van der Waals surface area contributed by atoms with Gasteiger partial charge in [0.1, 0.15) is 28.6 Å². The minimum absolute atomic E-state index is 0.0519. The number of nitrogens with one attached hydrogen (secondary N) is 1. The van der Waals surface area contributed by atoms with Crippen LogP contribution in [-0.4, -0.2) is 156 Å². The number of hydrogen-bond donors (Lipinski definition) is 4. The summed E-state index contributed by atoms with van der Waals surface area (Å²) in [4.78, 5) is 67.0. The molecule has 0 bridgehead atoms. The van der Waals surface area contributed by atoms with Crippen molar-refractivity contribution in [3.8, 4) is 0 Å². The molecule has 7 heterocycles. The molecule has 372 valence electrons. The molecule has 4 aliphatic heterocycles. The average molecular weight is 1010 g/mol. The van der Waals surface area contributed by atoms with Crippen molar-refractivity contribution in [2.45, 2.75) is 113 Å². The molecule has 1 aromatic carbocycles. The van der Waals surface area contributed by atoms with Crippen LogP contribution in [0.5, 0.6) is 0 Å². The van der Waals surface area contributed by atoms with Gasteiger partial charge in [-0.3, -0.25) is 19.3 Å². The number of carbonyl (C=O) groups is 3. The summed E-state index contributed by atoms with van der Waals surface area (Å²) in [5, 5.41) is 34.1. The maximum Gasteiger partial charge on any atom is 0.248 e. The number of aliphatic hydroxyl groups excluding tert-OH is 2. The third-order valence-corrected chi connectivity index (χ3v) is 15.7. The van der Waals surface area contributed by atoms with E-state index in [1.165, 1.54) is 16.7 Å². The highest BCUT2D eigenvalue weighted by Gasteiger charge is 2.43. The number of pyridine rings is 1. The van der Waals surface area contributed by atoms with E-state index in [9.17, 15) is 24.6 Å². The number of likely N-dealkylation sites (tertiary alicyclic amines) is 1. The lowest BCUT2D eigenvalue weighted by atomic mass is 9.91. The smallest absolute Gasteiger partial charge is 0.248 e. The Balaban J connectivity index is 0.829. The van der Waals surface area contributed by atoms with Crippen LogP contribution >= 0.6 is 35.0 Å². The number of halogens is 2. The Morgan fingerprint density at radius 2 is 1.65 bits per heavy atom. The van der Waals surface area contributed by atoms with Gasteiger partial charge in [-0.15, -0.1) is 5.10 Å². The van der Waals surface area contributed by atoms with Crippen LogP contribution in [0.25, 0.3) is 0 Å². The van der Waals surface area contributed by atoms with Crippen LogP contribution in [0.2, 0.25) is 10.0 Å². The van der Waals surface area contributed by atoms with Crippen LogP contribution in [0.3, 0.4) is 0 Å². The topological polar surface area (TPSA) is 215 Å². The first-order chi connectivity index (χ1) is 33.1. The number of β-amino-alcohol motifs (C(OH)–C–C–N with tert-alkyl or cyclic N) is 1. The molecule has 4 aromatic rings. The molecule has 0 radical (unpaired) electrons. The Kier molecular flexibility index (Phi) is 16.3. The van der Waals surface area contributed by atoms with Gasteiger partial charge in [-0.05, 0) is 75.6 Å². The molecule has 4 aliphatic rings. The van der Waals surface area contributed by atoms with E-state index in [0.29, 0.717) is 103 Å². The molecule has 0 spiro atoms. The van der Waals surface area contributed by atoms with Gasteiger partial charge in [0.05, 0.1) is 35.7 Å². The number of amides is 3. The number of aliphatic hydroxyl groups is 2. The number of piperazine rings is 1. The number of anilines is 2. The predicted molar refractivity (Wildman–Crippen MR) is 265 cm³/mol. The van der Waals surface area contributed by atoms with E-state index < -0.39 is 18.2 Å². The van der Waals surface area contributed by atoms with E-state index in [1.807, 2.05) is 36.9 Å². The Morgan fingerprint density at radius 1 is 0.957 bits per heavy atom. The van der Waals surface area contributed by atoms with Gasteiger partial charge in [-0.1, -0.05) is 66.2 Å². The van der Waals surface area contributed by atoms with Crippen LogP contribution in [0, 0.1) is 18.8 Å². The van der Waals surface area contributed by atoms with Gasteiger partial charge in [0.25, 0.3) is 0 Å². The SMILES string of the molecule is Cc1cn([C@H](C(=O)N2C[C@H](O)C[C@H]2C(=O)N[C@@H](CCN2CCN(C(=O)C3CCN(c4nccc(Sc5cnc(N6CCC(C)(N)CC6)c(CO)n5)c4Cl)CC3)CC2)c2ccc(Cl)cc2)C(C)C)nn1. The molecule has 4 saturated heterocycles. The highest BCUT2D eigenvalue weighted by atomic mass is 35.5. The van der Waals surface area contributed by atoms with Crippen LogP contribution in [0.4, 0.5) is 11.6 Å². The summed E-state index contributed by atoms with van der Waals surface area (Å²) in [6, 6.07) is 7.34. The largest absolute Gasteiger partial charge is 0.391 e. The molecule has 0 aliphatic carbocycles. The molecular weight excluding hydrogens is 942 g/mol. The first-order valence-electron chi connectivity index (χ1n) is 24.1. The lowest BCUT2D eigenvalue weighted by Crippen LogP contribution is -2.52. The van der Waals surface area contributed by atoms with Crippen molar-refractivity contribution < 1.29 is 24.6 Å². The van der Waals surface area contributed by atoms with Gasteiger partial charge in [0.2, 0.25) is 17.7 Å². The third-order valence-electron chi connectivity index (χ3n) is 14.0. The van der Waals surface area contributed by atoms with Crippen LogP contribution in [-0.2, 0) is 21.0 Å². The van der Waals surface area contributed by atoms with Crippen LogP contribution < -0.4 is 20.9 Å². The quantitative estimate of drug-likeness (QED) is 0.129. The van der Waals surface area contributed by atoms with E-state index >= 15 is 0 Å². The molecule has 8 rings (SSSR count). The first-order valence-corrected chi connectivity index (χ1v) is 25.7. The van der Waals surface area contributed by atoms with Gasteiger partial charge in [0, 0.05) is 106 Å². The van der Waals surface area contributed by atoms with E-state index in [0.717, 1.165) is 36.4 Å². The second-order valence-electron chi connectivity index (χ2n) is 19.6. The minimum atomic E-state index is -0.854. The molecule has 3 amide bonds. The number of aromatic nitrogens is 6. The number of piperidine rings is 2. The number of nitrogens with zero attached hydrogens (tertiary/aromatic N) is 11. The third kappa shape index (κ3) is 12.1. The monoisotopic (exact) mass is 1010 g/mol. The summed E-state index contributed by atoms with van der Waals surface area (Å²) >= 11 is 14.7. The van der Waals surface area contributed by atoms with Gasteiger partial charge in [-0.2, -0.15) is 0 Å². The summed E-state index contributed by atoms with van der Waals surface area (Å²) in [5.74, 6) is 0.678. The molecule has 69 heavy (non-hydrogen) atoms. The minimum Gasteiger partial charge on any atom is -0.391 e. The zero-order valence-electron chi connectivity index (χ0n) is 39.9. The van der Waals surface area contributed by atoms with E-state index in [2.05, 4.69) is 42.2 Å². The van der Waals surface area contributed by atoms with E-state index in [1.54, 1.807) is 42.3 Å². The fraction of sp³-hybridized carbons (Fsp3) is 0.583. The summed E-state index contributed by atoms with van der Waals surface area (Å²) in [7, 11) is 0. The van der Waals surface area contributed by atoms with E-state index in [4.69, 9.17) is 38.9 Å². The number of aryl methyl sites for hydroxylation is 1. The fourth-order valence-electron chi connectivity index (χ4n) is 9.94. The lowest BCUT2D eigenvalue weighted by Gasteiger charge is -2.39. The van der Waals surface area contributed by atoms with Gasteiger partial charge in [-0.25, -0.2) is 19.6 Å². The van der Waals surface area contributed by atoms with Gasteiger partial charge in [0.15, 0.2) is 5.82 Å². The van der Waals surface area contributed by atoms with Crippen molar-refractivity contribution in [2.24, 2.45) is 17.6 Å². The Labute approximate surface area is 418 Å².